The van der Waals surface area contributed by atoms with Gasteiger partial charge in [-0.3, -0.25) is 14.6 Å². The smallest absolute Gasteiger partial charge is 0.331 e. The average molecular weight is 406 g/mol. The van der Waals surface area contributed by atoms with Crippen molar-refractivity contribution in [3.05, 3.63) is 21.6 Å². The number of anilines is 1. The summed E-state index contributed by atoms with van der Waals surface area (Å²) in [5, 5.41) is 2.88. The van der Waals surface area contributed by atoms with Crippen LogP contribution in [0.25, 0.3) is 0 Å². The minimum atomic E-state index is -0.924. The molecule has 2 N–H and O–H groups in total. The highest BCUT2D eigenvalue weighted by Gasteiger charge is 2.43. The van der Waals surface area contributed by atoms with Gasteiger partial charge in [0.15, 0.2) is 0 Å². The molecule has 1 saturated heterocycles. The van der Waals surface area contributed by atoms with E-state index in [1.165, 1.54) is 0 Å². The Morgan fingerprint density at radius 1 is 1.28 bits per heavy atom. The number of aromatic nitrogens is 2. The van der Waals surface area contributed by atoms with Crippen LogP contribution in [0.5, 0.6) is 0 Å². The van der Waals surface area contributed by atoms with Crippen molar-refractivity contribution in [1.29, 1.82) is 0 Å². The van der Waals surface area contributed by atoms with E-state index < -0.39 is 5.54 Å². The summed E-state index contributed by atoms with van der Waals surface area (Å²) in [5.41, 5.74) is -0.0435. The normalized spacial score (nSPS) is 18.5. The Morgan fingerprint density at radius 3 is 2.59 bits per heavy atom. The summed E-state index contributed by atoms with van der Waals surface area (Å²) in [6, 6.07) is 0. The van der Waals surface area contributed by atoms with Crippen LogP contribution in [-0.2, 0) is 25.5 Å². The van der Waals surface area contributed by atoms with Crippen molar-refractivity contribution in [3.63, 3.8) is 0 Å². The molecule has 0 aromatic carbocycles. The molecule has 2 fully saturated rings. The van der Waals surface area contributed by atoms with Crippen LogP contribution in [-0.4, -0.2) is 60.3 Å². The third kappa shape index (κ3) is 4.95. The summed E-state index contributed by atoms with van der Waals surface area (Å²) in [5.74, 6) is -0.0800. The summed E-state index contributed by atoms with van der Waals surface area (Å²) < 4.78 is 10.5. The van der Waals surface area contributed by atoms with Crippen LogP contribution < -0.4 is 15.8 Å². The first kappa shape index (κ1) is 21.3. The van der Waals surface area contributed by atoms with E-state index in [0.717, 1.165) is 12.8 Å². The van der Waals surface area contributed by atoms with Crippen LogP contribution in [0.15, 0.2) is 4.79 Å². The fraction of sp³-hybridized carbons (Fsp3) is 0.700. The van der Waals surface area contributed by atoms with Crippen molar-refractivity contribution in [1.82, 2.24) is 15.3 Å². The molecule has 1 aliphatic carbocycles. The maximum absolute atomic E-state index is 12.6. The molecule has 1 aromatic rings. The Kier molecular flexibility index (Phi) is 6.89. The third-order valence-electron chi connectivity index (χ3n) is 5.62. The number of amides is 1. The number of carbonyl (C=O) groups is 2. The Bertz CT molecular complexity index is 795. The fourth-order valence-corrected chi connectivity index (χ4v) is 4.01. The summed E-state index contributed by atoms with van der Waals surface area (Å²) in [6.07, 6.45) is 3.32. The quantitative estimate of drug-likeness (QED) is 0.645. The van der Waals surface area contributed by atoms with Gasteiger partial charge >= 0.3 is 5.97 Å². The molecule has 1 aliphatic heterocycles. The number of aryl methyl sites for hydroxylation is 1. The summed E-state index contributed by atoms with van der Waals surface area (Å²) in [6.45, 7) is 6.39. The molecule has 2 heterocycles. The molecule has 160 valence electrons. The van der Waals surface area contributed by atoms with E-state index in [4.69, 9.17) is 9.47 Å². The third-order valence-corrected chi connectivity index (χ3v) is 5.62. The lowest BCUT2D eigenvalue weighted by Crippen LogP contribution is -2.53. The number of ether oxygens (including phenoxy) is 2. The zero-order valence-corrected chi connectivity index (χ0v) is 17.2. The topological polar surface area (TPSA) is 114 Å². The molecule has 0 spiro atoms. The molecule has 0 atom stereocenters. The zero-order chi connectivity index (χ0) is 20.9. The molecule has 0 unspecified atom stereocenters. The van der Waals surface area contributed by atoms with E-state index in [2.05, 4.69) is 15.3 Å². The minimum Gasteiger partial charge on any atom is -0.464 e. The van der Waals surface area contributed by atoms with Crippen LogP contribution in [0.1, 0.15) is 50.3 Å². The SMILES string of the molecule is CCOC(=O)C1(NC(=O)CCc2c(C)nc(N3CCOCC3)[nH]c2=O)CCCC1. The molecular formula is C20H30N4O5. The van der Waals surface area contributed by atoms with Crippen LogP contribution in [0.4, 0.5) is 5.95 Å². The van der Waals surface area contributed by atoms with E-state index in [0.29, 0.717) is 56.4 Å². The Labute approximate surface area is 170 Å². The number of rotatable bonds is 7. The number of hydrogen-bond acceptors (Lipinski definition) is 7. The number of H-pyrrole nitrogens is 1. The monoisotopic (exact) mass is 406 g/mol. The van der Waals surface area contributed by atoms with Crippen molar-refractivity contribution in [2.24, 2.45) is 0 Å². The van der Waals surface area contributed by atoms with Gasteiger partial charge in [-0.25, -0.2) is 9.78 Å². The molecule has 3 rings (SSSR count). The van der Waals surface area contributed by atoms with Crippen LogP contribution in [0.2, 0.25) is 0 Å². The fourth-order valence-electron chi connectivity index (χ4n) is 4.01. The highest BCUT2D eigenvalue weighted by molar-refractivity contribution is 5.88. The zero-order valence-electron chi connectivity index (χ0n) is 17.2. The lowest BCUT2D eigenvalue weighted by Gasteiger charge is -2.28. The van der Waals surface area contributed by atoms with Gasteiger partial charge in [-0.05, 0) is 33.1 Å². The van der Waals surface area contributed by atoms with Crippen LogP contribution in [0.3, 0.4) is 0 Å². The second-order valence-corrected chi connectivity index (χ2v) is 7.61. The summed E-state index contributed by atoms with van der Waals surface area (Å²) in [7, 11) is 0. The predicted octanol–water partition coefficient (Wildman–Crippen LogP) is 0.840. The number of nitrogens with zero attached hydrogens (tertiary/aromatic N) is 2. The predicted molar refractivity (Wildman–Crippen MR) is 107 cm³/mol. The van der Waals surface area contributed by atoms with Gasteiger partial charge in [-0.15, -0.1) is 0 Å². The maximum atomic E-state index is 12.6. The first-order valence-electron chi connectivity index (χ1n) is 10.4. The molecule has 9 nitrogen and oxygen atoms in total. The van der Waals surface area contributed by atoms with Gasteiger partial charge in [-0.1, -0.05) is 12.8 Å². The van der Waals surface area contributed by atoms with Crippen molar-refractivity contribution in [3.8, 4) is 0 Å². The molecule has 2 aliphatic rings. The van der Waals surface area contributed by atoms with Crippen molar-refractivity contribution in [2.45, 2.75) is 57.9 Å². The Morgan fingerprint density at radius 2 is 1.97 bits per heavy atom. The van der Waals surface area contributed by atoms with Gasteiger partial charge < -0.3 is 19.7 Å². The van der Waals surface area contributed by atoms with Gasteiger partial charge in [0.1, 0.15) is 5.54 Å². The summed E-state index contributed by atoms with van der Waals surface area (Å²) >= 11 is 0. The summed E-state index contributed by atoms with van der Waals surface area (Å²) in [4.78, 5) is 46.8. The first-order valence-corrected chi connectivity index (χ1v) is 10.4. The number of hydrogen-bond donors (Lipinski definition) is 2. The molecule has 29 heavy (non-hydrogen) atoms. The largest absolute Gasteiger partial charge is 0.464 e. The molecule has 1 amide bonds. The average Bonchev–Trinajstić information content (AvgIpc) is 3.18. The molecule has 0 bridgehead atoms. The molecule has 1 aromatic heterocycles. The molecule has 1 saturated carbocycles. The first-order chi connectivity index (χ1) is 13.9. The molecule has 9 heteroatoms. The standard InChI is InChI=1S/C20H30N4O5/c1-3-29-18(27)20(8-4-5-9-20)23-16(25)7-6-15-14(2)21-19(22-17(15)26)24-10-12-28-13-11-24/h3-13H2,1-2H3,(H,23,25)(H,21,22,26). The van der Waals surface area contributed by atoms with Gasteiger partial charge in [0, 0.05) is 30.8 Å². The lowest BCUT2D eigenvalue weighted by molar-refractivity contribution is -0.153. The number of esters is 1. The van der Waals surface area contributed by atoms with E-state index >= 15 is 0 Å². The highest BCUT2D eigenvalue weighted by atomic mass is 16.5. The van der Waals surface area contributed by atoms with Crippen LogP contribution in [0, 0.1) is 6.92 Å². The Balaban J connectivity index is 1.63. The minimum absolute atomic E-state index is 0.115. The second kappa shape index (κ2) is 9.39. The second-order valence-electron chi connectivity index (χ2n) is 7.61. The number of morpholine rings is 1. The Hall–Kier alpha value is -2.42. The lowest BCUT2D eigenvalue weighted by atomic mass is 9.97. The molecule has 0 radical (unpaired) electrons. The molecular weight excluding hydrogens is 376 g/mol. The van der Waals surface area contributed by atoms with E-state index in [1.54, 1.807) is 13.8 Å². The highest BCUT2D eigenvalue weighted by Crippen LogP contribution is 2.31. The van der Waals surface area contributed by atoms with E-state index in [1.807, 2.05) is 4.90 Å². The van der Waals surface area contributed by atoms with Gasteiger partial charge in [0.25, 0.3) is 5.56 Å². The number of nitrogens with one attached hydrogen (secondary N) is 2. The van der Waals surface area contributed by atoms with Gasteiger partial charge in [0.05, 0.1) is 19.8 Å². The van der Waals surface area contributed by atoms with Crippen molar-refractivity contribution < 1.29 is 19.1 Å². The van der Waals surface area contributed by atoms with Crippen LogP contribution >= 0.6 is 0 Å². The number of carbonyl (C=O) groups excluding carboxylic acids is 2. The van der Waals surface area contributed by atoms with Gasteiger partial charge in [-0.2, -0.15) is 0 Å². The van der Waals surface area contributed by atoms with Crippen molar-refractivity contribution >= 4 is 17.8 Å². The number of aromatic amines is 1. The van der Waals surface area contributed by atoms with E-state index in [-0.39, 0.29) is 36.9 Å². The van der Waals surface area contributed by atoms with E-state index in [9.17, 15) is 14.4 Å². The maximum Gasteiger partial charge on any atom is 0.331 e. The van der Waals surface area contributed by atoms with Crippen molar-refractivity contribution in [2.75, 3.05) is 37.8 Å². The van der Waals surface area contributed by atoms with Gasteiger partial charge in [0.2, 0.25) is 11.9 Å².